The van der Waals surface area contributed by atoms with Gasteiger partial charge in [0.05, 0.1) is 0 Å². The Labute approximate surface area is 156 Å². The van der Waals surface area contributed by atoms with Gasteiger partial charge < -0.3 is 0 Å². The first-order valence-corrected chi connectivity index (χ1v) is 6.15. The van der Waals surface area contributed by atoms with Gasteiger partial charge in [-0.2, -0.15) is 0 Å². The SMILES string of the molecule is C[C]1[CH][CH][CH][CH][CH][CH][CH]1.C[C]1[CH][CH][CH][CH][CH][CH][CH]1.[Ce]. The molecule has 19 heavy (non-hydrogen) atoms. The molecular weight excluding hydrogens is 356 g/mol. The fraction of sp³-hybridized carbons (Fsp3) is 0.111. The minimum absolute atomic E-state index is 0. The largest absolute Gasteiger partial charge is 0.0585 e. The summed E-state index contributed by atoms with van der Waals surface area (Å²) in [5.74, 6) is 2.58. The summed E-state index contributed by atoms with van der Waals surface area (Å²) in [6.07, 6.45) is 28.6. The first-order chi connectivity index (χ1) is 8.79. The maximum absolute atomic E-state index is 2.08. The van der Waals surface area contributed by atoms with Crippen LogP contribution in [0.2, 0.25) is 0 Å². The van der Waals surface area contributed by atoms with Gasteiger partial charge in [-0.05, 0) is 102 Å². The molecule has 0 N–H and O–H groups in total. The van der Waals surface area contributed by atoms with E-state index in [2.05, 4.69) is 39.5 Å². The smallest absolute Gasteiger partial charge is 0 e. The van der Waals surface area contributed by atoms with E-state index < -0.39 is 0 Å². The Balaban J connectivity index is 0.000000324. The van der Waals surface area contributed by atoms with E-state index in [0.717, 1.165) is 0 Å². The van der Waals surface area contributed by atoms with E-state index in [1.165, 1.54) is 11.8 Å². The minimum atomic E-state index is 0. The molecule has 0 unspecified atom stereocenters. The van der Waals surface area contributed by atoms with Crippen LogP contribution in [0.4, 0.5) is 0 Å². The third-order valence-corrected chi connectivity index (χ3v) is 2.33. The summed E-state index contributed by atoms with van der Waals surface area (Å²) in [7, 11) is 0. The molecule has 0 atom stereocenters. The van der Waals surface area contributed by atoms with E-state index in [1.54, 1.807) is 0 Å². The van der Waals surface area contributed by atoms with Crippen molar-refractivity contribution < 1.29 is 41.7 Å². The Morgan fingerprint density at radius 2 is 0.632 bits per heavy atom. The molecule has 0 aromatic rings. The molecule has 0 saturated heterocycles. The molecule has 16 radical (unpaired) electrons. The van der Waals surface area contributed by atoms with Gasteiger partial charge in [0.15, 0.2) is 0 Å². The number of hydrogen-bond acceptors (Lipinski definition) is 0. The normalized spacial score (nSPS) is 23.7. The standard InChI is InChI=1S/2C9H10.Ce/c2*1-9-7-5-3-2-4-6-8-9;/h2*2-8H,1H3;. The van der Waals surface area contributed by atoms with E-state index in [-0.39, 0.29) is 41.7 Å². The molecule has 2 rings (SSSR count). The predicted octanol–water partition coefficient (Wildman–Crippen LogP) is 4.05. The molecule has 0 aliphatic heterocycles. The van der Waals surface area contributed by atoms with Gasteiger partial charge in [-0.25, -0.2) is 0 Å². The fourth-order valence-corrected chi connectivity index (χ4v) is 1.33. The first kappa shape index (κ1) is 20.4. The van der Waals surface area contributed by atoms with Crippen LogP contribution in [0.5, 0.6) is 0 Å². The Morgan fingerprint density at radius 1 is 0.421 bits per heavy atom. The van der Waals surface area contributed by atoms with Crippen LogP contribution >= 0.6 is 0 Å². The molecular formula is C18H20Ce. The van der Waals surface area contributed by atoms with Crippen LogP contribution < -0.4 is 0 Å². The third-order valence-electron chi connectivity index (χ3n) is 2.33. The van der Waals surface area contributed by atoms with Gasteiger partial charge >= 0.3 is 0 Å². The van der Waals surface area contributed by atoms with Gasteiger partial charge in [0.1, 0.15) is 0 Å². The fourth-order valence-electron chi connectivity index (χ4n) is 1.33. The van der Waals surface area contributed by atoms with Crippen LogP contribution in [0, 0.1) is 143 Å². The van der Waals surface area contributed by atoms with E-state index >= 15 is 0 Å². The Hall–Kier alpha value is 1.38. The van der Waals surface area contributed by atoms with Crippen molar-refractivity contribution in [1.82, 2.24) is 0 Å². The summed E-state index contributed by atoms with van der Waals surface area (Å²) in [4.78, 5) is 0. The monoisotopic (exact) mass is 376 g/mol. The molecule has 0 amide bonds. The molecule has 0 aromatic heterocycles. The molecule has 0 bridgehead atoms. The second kappa shape index (κ2) is 14.3. The minimum Gasteiger partial charge on any atom is -0.0585 e. The average Bonchev–Trinajstić information content (AvgIpc) is 2.30. The van der Waals surface area contributed by atoms with Crippen LogP contribution in [0.15, 0.2) is 0 Å². The molecule has 0 aromatic carbocycles. The number of hydrogen-bond donors (Lipinski definition) is 0. The van der Waals surface area contributed by atoms with Gasteiger partial charge in [-0.15, -0.1) is 0 Å². The second-order valence-corrected chi connectivity index (χ2v) is 4.08. The summed E-state index contributed by atoms with van der Waals surface area (Å²) in [5, 5.41) is 0. The molecule has 2 fully saturated rings. The van der Waals surface area contributed by atoms with Gasteiger partial charge in [-0.1, -0.05) is 13.8 Å². The van der Waals surface area contributed by atoms with Crippen LogP contribution in [-0.4, -0.2) is 0 Å². The van der Waals surface area contributed by atoms with Crippen LogP contribution in [0.1, 0.15) is 13.8 Å². The van der Waals surface area contributed by atoms with E-state index in [1.807, 2.05) is 64.2 Å². The summed E-state index contributed by atoms with van der Waals surface area (Å²) < 4.78 is 0. The number of rotatable bonds is 0. The van der Waals surface area contributed by atoms with Crippen LogP contribution in [0.25, 0.3) is 0 Å². The first-order valence-electron chi connectivity index (χ1n) is 6.15. The maximum atomic E-state index is 2.08. The average molecular weight is 376 g/mol. The summed E-state index contributed by atoms with van der Waals surface area (Å²) in [6.45, 7) is 4.17. The third kappa shape index (κ3) is 12.8. The topological polar surface area (TPSA) is 0 Å². The molecule has 2 aliphatic carbocycles. The van der Waals surface area contributed by atoms with Crippen molar-refractivity contribution in [3.8, 4) is 0 Å². The zero-order valence-corrected chi connectivity index (χ0v) is 14.7. The molecule has 96 valence electrons. The zero-order chi connectivity index (χ0) is 13.1. The van der Waals surface area contributed by atoms with E-state index in [0.29, 0.717) is 0 Å². The Kier molecular flexibility index (Phi) is 15.4. The molecule has 0 spiro atoms. The van der Waals surface area contributed by atoms with Crippen molar-refractivity contribution in [3.05, 3.63) is 102 Å². The van der Waals surface area contributed by atoms with Gasteiger partial charge in [0.25, 0.3) is 0 Å². The van der Waals surface area contributed by atoms with E-state index in [4.69, 9.17) is 0 Å². The van der Waals surface area contributed by atoms with Crippen molar-refractivity contribution in [2.24, 2.45) is 0 Å². The molecule has 1 heteroatoms. The molecule has 0 nitrogen and oxygen atoms in total. The maximum Gasteiger partial charge on any atom is 0 e. The van der Waals surface area contributed by atoms with E-state index in [9.17, 15) is 0 Å². The summed E-state index contributed by atoms with van der Waals surface area (Å²) >= 11 is 0. The van der Waals surface area contributed by atoms with Crippen molar-refractivity contribution in [3.63, 3.8) is 0 Å². The van der Waals surface area contributed by atoms with Gasteiger partial charge in [0.2, 0.25) is 0 Å². The molecule has 0 heterocycles. The molecule has 2 saturated carbocycles. The van der Waals surface area contributed by atoms with Crippen molar-refractivity contribution in [2.45, 2.75) is 13.8 Å². The Morgan fingerprint density at radius 3 is 0.895 bits per heavy atom. The second-order valence-electron chi connectivity index (χ2n) is 4.08. The predicted molar refractivity (Wildman–Crippen MR) is 78.0 cm³/mol. The van der Waals surface area contributed by atoms with Gasteiger partial charge in [-0.3, -0.25) is 0 Å². The Bertz CT molecular complexity index is 143. The molecule has 2 aliphatic rings. The van der Waals surface area contributed by atoms with Crippen LogP contribution in [-0.2, 0) is 0 Å². The van der Waals surface area contributed by atoms with Crippen molar-refractivity contribution in [1.29, 1.82) is 0 Å². The zero-order valence-electron chi connectivity index (χ0n) is 11.6. The quantitative estimate of drug-likeness (QED) is 0.598. The summed E-state index contributed by atoms with van der Waals surface area (Å²) in [5.41, 5.74) is 0. The summed E-state index contributed by atoms with van der Waals surface area (Å²) in [6, 6.07) is 0. The van der Waals surface area contributed by atoms with Crippen molar-refractivity contribution >= 4 is 0 Å². The van der Waals surface area contributed by atoms with Gasteiger partial charge in [0, 0.05) is 41.7 Å². The van der Waals surface area contributed by atoms with Crippen molar-refractivity contribution in [2.75, 3.05) is 0 Å². The van der Waals surface area contributed by atoms with Crippen LogP contribution in [0.3, 0.4) is 0 Å².